The first-order chi connectivity index (χ1) is 16.7. The van der Waals surface area contributed by atoms with E-state index in [0.717, 1.165) is 16.9 Å². The van der Waals surface area contributed by atoms with Gasteiger partial charge in [0.05, 0.1) is 5.69 Å². The molecule has 0 aliphatic heterocycles. The summed E-state index contributed by atoms with van der Waals surface area (Å²) in [6.45, 7) is 13.8. The maximum absolute atomic E-state index is 4.92. The maximum atomic E-state index is 4.92. The van der Waals surface area contributed by atoms with E-state index in [4.69, 9.17) is 9.97 Å². The molecule has 3 aromatic heterocycles. The van der Waals surface area contributed by atoms with Crippen molar-refractivity contribution < 1.29 is 0 Å². The molecule has 0 bridgehead atoms. The van der Waals surface area contributed by atoms with Crippen molar-refractivity contribution in [2.75, 3.05) is 0 Å². The Morgan fingerprint density at radius 1 is 0.857 bits per heavy atom. The first-order valence-electron chi connectivity index (χ1n) is 12.3. The highest BCUT2D eigenvalue weighted by atomic mass is 32.1. The lowest BCUT2D eigenvalue weighted by Gasteiger charge is -2.22. The molecular formula is C31H30N2S2. The monoisotopic (exact) mass is 494 g/mol. The fraction of sp³-hybridized carbons (Fsp3) is 0.290. The lowest BCUT2D eigenvalue weighted by molar-refractivity contribution is 0.596. The molecule has 0 amide bonds. The molecule has 0 aliphatic rings. The topological polar surface area (TPSA) is 25.8 Å². The van der Waals surface area contributed by atoms with E-state index in [0.29, 0.717) is 5.92 Å². The minimum atomic E-state index is 0.0292. The molecule has 0 N–H and O–H groups in total. The van der Waals surface area contributed by atoms with Crippen molar-refractivity contribution in [3.63, 3.8) is 0 Å². The molecule has 6 rings (SSSR count). The van der Waals surface area contributed by atoms with Gasteiger partial charge in [0.15, 0.2) is 0 Å². The quantitative estimate of drug-likeness (QED) is 0.245. The molecule has 3 aromatic carbocycles. The molecule has 0 spiro atoms. The Morgan fingerprint density at radius 2 is 1.60 bits per heavy atom. The van der Waals surface area contributed by atoms with Gasteiger partial charge in [-0.1, -0.05) is 58.9 Å². The van der Waals surface area contributed by atoms with Crippen molar-refractivity contribution in [1.82, 2.24) is 9.97 Å². The highest BCUT2D eigenvalue weighted by Crippen LogP contribution is 2.46. The Kier molecular flexibility index (Phi) is 5.24. The summed E-state index contributed by atoms with van der Waals surface area (Å²) in [5.41, 5.74) is 5.02. The van der Waals surface area contributed by atoms with Crippen molar-refractivity contribution in [3.05, 3.63) is 70.9 Å². The number of rotatable bonds is 3. The van der Waals surface area contributed by atoms with Crippen molar-refractivity contribution in [1.29, 1.82) is 0 Å². The van der Waals surface area contributed by atoms with E-state index in [1.807, 2.05) is 11.3 Å². The third-order valence-corrected chi connectivity index (χ3v) is 9.30. The molecular weight excluding hydrogens is 464 g/mol. The molecule has 0 aliphatic carbocycles. The summed E-state index contributed by atoms with van der Waals surface area (Å²) in [6.07, 6.45) is 2.86. The number of fused-ring (bicyclic) bond motifs is 6. The van der Waals surface area contributed by atoms with Crippen molar-refractivity contribution in [3.8, 4) is 11.3 Å². The average molecular weight is 495 g/mol. The Balaban J connectivity index is 1.72. The van der Waals surface area contributed by atoms with Gasteiger partial charge in [0.25, 0.3) is 0 Å². The summed E-state index contributed by atoms with van der Waals surface area (Å²) >= 11 is 3.74. The van der Waals surface area contributed by atoms with Crippen LogP contribution in [-0.4, -0.2) is 9.97 Å². The summed E-state index contributed by atoms with van der Waals surface area (Å²) in [5.74, 6) is 0.642. The number of nitrogens with zero attached hydrogens (tertiary/aromatic N) is 2. The van der Waals surface area contributed by atoms with E-state index in [9.17, 15) is 0 Å². The maximum Gasteiger partial charge on any atom is 0.128 e. The molecule has 4 heteroatoms. The van der Waals surface area contributed by atoms with Crippen LogP contribution >= 0.6 is 22.7 Å². The highest BCUT2D eigenvalue weighted by Gasteiger charge is 2.22. The molecule has 3 heterocycles. The number of benzene rings is 3. The van der Waals surface area contributed by atoms with Gasteiger partial charge in [0.1, 0.15) is 11.2 Å². The lowest BCUT2D eigenvalue weighted by atomic mass is 9.82. The van der Waals surface area contributed by atoms with Crippen LogP contribution in [0.25, 0.3) is 52.4 Å². The van der Waals surface area contributed by atoms with Gasteiger partial charge in [-0.15, -0.1) is 22.7 Å². The second-order valence-corrected chi connectivity index (χ2v) is 13.2. The molecule has 2 nitrogen and oxygen atoms in total. The molecule has 0 saturated carbocycles. The molecule has 0 atom stereocenters. The van der Waals surface area contributed by atoms with E-state index >= 15 is 0 Å². The van der Waals surface area contributed by atoms with Gasteiger partial charge >= 0.3 is 0 Å². The molecule has 35 heavy (non-hydrogen) atoms. The van der Waals surface area contributed by atoms with Crippen LogP contribution in [0.5, 0.6) is 0 Å². The van der Waals surface area contributed by atoms with Crippen LogP contribution in [0.4, 0.5) is 0 Å². The second-order valence-electron chi connectivity index (χ2n) is 11.1. The minimum absolute atomic E-state index is 0.0292. The molecule has 6 aromatic rings. The van der Waals surface area contributed by atoms with Crippen molar-refractivity contribution in [2.45, 2.75) is 53.4 Å². The van der Waals surface area contributed by atoms with Crippen LogP contribution in [0.2, 0.25) is 0 Å². The Labute approximate surface area is 214 Å². The van der Waals surface area contributed by atoms with Crippen LogP contribution in [0.3, 0.4) is 0 Å². The Morgan fingerprint density at radius 3 is 2.34 bits per heavy atom. The zero-order valence-electron chi connectivity index (χ0n) is 21.2. The Bertz CT molecular complexity index is 1750. The summed E-state index contributed by atoms with van der Waals surface area (Å²) in [6, 6.07) is 18.0. The van der Waals surface area contributed by atoms with Gasteiger partial charge in [-0.25, -0.2) is 9.97 Å². The SMILES string of the molecule is Cc1c(CC(C)C)sc2ccc3sc4ncnc(-c5cc(C(C)(C)C)c6ccccc6c5)c4c3c12. The summed E-state index contributed by atoms with van der Waals surface area (Å²) in [5, 5.41) is 6.50. The zero-order valence-corrected chi connectivity index (χ0v) is 22.8. The van der Waals surface area contributed by atoms with Gasteiger partial charge in [0.2, 0.25) is 0 Å². The standard InChI is InChI=1S/C31H30N2S2/c1-17(2)13-25-18(3)26-23(34-25)11-12-24-27(26)28-29(32-16-33-30(28)35-24)20-14-19-9-7-8-10-21(19)22(15-20)31(4,5)6/h7-12,14-17H,13H2,1-6H3. The molecule has 0 radical (unpaired) electrons. The molecule has 0 fully saturated rings. The summed E-state index contributed by atoms with van der Waals surface area (Å²) in [4.78, 5) is 12.2. The van der Waals surface area contributed by atoms with E-state index in [-0.39, 0.29) is 5.41 Å². The number of thiophene rings is 2. The molecule has 176 valence electrons. The van der Waals surface area contributed by atoms with E-state index in [2.05, 4.69) is 90.1 Å². The Hall–Kier alpha value is -2.82. The summed E-state index contributed by atoms with van der Waals surface area (Å²) < 4.78 is 2.66. The average Bonchev–Trinajstić information content (AvgIpc) is 3.34. The van der Waals surface area contributed by atoms with Crippen molar-refractivity contribution >= 4 is 63.8 Å². The van der Waals surface area contributed by atoms with Crippen LogP contribution in [0, 0.1) is 12.8 Å². The number of hydrogen-bond acceptors (Lipinski definition) is 4. The number of hydrogen-bond donors (Lipinski definition) is 0. The predicted molar refractivity (Wildman–Crippen MR) is 155 cm³/mol. The van der Waals surface area contributed by atoms with Crippen LogP contribution < -0.4 is 0 Å². The van der Waals surface area contributed by atoms with E-state index in [1.54, 1.807) is 17.7 Å². The van der Waals surface area contributed by atoms with Gasteiger partial charge in [-0.3, -0.25) is 0 Å². The lowest BCUT2D eigenvalue weighted by Crippen LogP contribution is -2.12. The van der Waals surface area contributed by atoms with E-state index < -0.39 is 0 Å². The highest BCUT2D eigenvalue weighted by molar-refractivity contribution is 7.26. The van der Waals surface area contributed by atoms with Crippen LogP contribution in [-0.2, 0) is 11.8 Å². The first-order valence-corrected chi connectivity index (χ1v) is 14.0. The summed E-state index contributed by atoms with van der Waals surface area (Å²) in [7, 11) is 0. The van der Waals surface area contributed by atoms with Gasteiger partial charge in [0, 0.05) is 36.0 Å². The van der Waals surface area contributed by atoms with Gasteiger partial charge < -0.3 is 0 Å². The number of aryl methyl sites for hydroxylation is 1. The minimum Gasteiger partial charge on any atom is -0.236 e. The van der Waals surface area contributed by atoms with Crippen LogP contribution in [0.1, 0.15) is 50.6 Å². The molecule has 0 unspecified atom stereocenters. The third-order valence-electron chi connectivity index (χ3n) is 6.96. The van der Waals surface area contributed by atoms with Gasteiger partial charge in [-0.2, -0.15) is 0 Å². The fourth-order valence-corrected chi connectivity index (χ4v) is 7.81. The molecule has 0 saturated heterocycles. The van der Waals surface area contributed by atoms with E-state index in [1.165, 1.54) is 57.9 Å². The largest absolute Gasteiger partial charge is 0.236 e. The normalized spacial score (nSPS) is 12.7. The first kappa shape index (κ1) is 22.6. The zero-order chi connectivity index (χ0) is 24.5. The predicted octanol–water partition coefficient (Wildman–Crippen LogP) is 9.68. The van der Waals surface area contributed by atoms with Crippen molar-refractivity contribution in [2.24, 2.45) is 5.92 Å². The third kappa shape index (κ3) is 3.66. The number of aromatic nitrogens is 2. The smallest absolute Gasteiger partial charge is 0.128 e. The second kappa shape index (κ2) is 8.11. The fourth-order valence-electron chi connectivity index (χ4n) is 5.33. The van der Waals surface area contributed by atoms with Crippen LogP contribution in [0.15, 0.2) is 54.9 Å². The van der Waals surface area contributed by atoms with Gasteiger partial charge in [-0.05, 0) is 70.8 Å².